The Labute approximate surface area is 162 Å². The highest BCUT2D eigenvalue weighted by atomic mass is 16.2. The monoisotopic (exact) mass is 374 g/mol. The van der Waals surface area contributed by atoms with E-state index in [0.29, 0.717) is 6.54 Å². The predicted octanol–water partition coefficient (Wildman–Crippen LogP) is 1.74. The summed E-state index contributed by atoms with van der Waals surface area (Å²) in [5, 5.41) is 10.7. The van der Waals surface area contributed by atoms with Crippen LogP contribution >= 0.6 is 0 Å². The van der Waals surface area contributed by atoms with E-state index in [1.54, 1.807) is 0 Å². The number of rotatable bonds is 3. The third-order valence-electron chi connectivity index (χ3n) is 6.94. The van der Waals surface area contributed by atoms with Crippen molar-refractivity contribution >= 4 is 6.03 Å². The number of likely N-dealkylation sites (N-methyl/N-ethyl adjacent to an activating group) is 1. The van der Waals surface area contributed by atoms with Gasteiger partial charge in [0.1, 0.15) is 0 Å². The smallest absolute Gasteiger partial charge is 0.317 e. The number of hydrogen-bond acceptors (Lipinski definition) is 4. The van der Waals surface area contributed by atoms with Crippen LogP contribution in [-0.4, -0.2) is 82.8 Å². The van der Waals surface area contributed by atoms with Crippen LogP contribution < -0.4 is 5.32 Å². The molecule has 0 aromatic carbocycles. The first-order valence-electron chi connectivity index (χ1n) is 10.6. The Kier molecular flexibility index (Phi) is 5.41. The van der Waals surface area contributed by atoms with E-state index in [1.807, 2.05) is 11.8 Å². The van der Waals surface area contributed by atoms with Gasteiger partial charge in [0.05, 0.1) is 12.2 Å². The van der Waals surface area contributed by atoms with Gasteiger partial charge in [-0.25, -0.2) is 4.79 Å². The predicted molar refractivity (Wildman–Crippen MR) is 106 cm³/mol. The average molecular weight is 375 g/mol. The third-order valence-corrected chi connectivity index (χ3v) is 6.94. The lowest BCUT2D eigenvalue weighted by Crippen LogP contribution is -2.62. The maximum atomic E-state index is 12.9. The minimum absolute atomic E-state index is 0.0836. The fraction of sp³-hybridized carbons (Fsp3) is 0.800. The van der Waals surface area contributed by atoms with Crippen LogP contribution in [0.2, 0.25) is 0 Å². The minimum Gasteiger partial charge on any atom is -0.336 e. The minimum atomic E-state index is 0.0836. The zero-order valence-electron chi connectivity index (χ0n) is 16.9. The number of nitrogens with one attached hydrogen (secondary N) is 2. The topological polar surface area (TPSA) is 67.5 Å². The Hall–Kier alpha value is -1.60. The van der Waals surface area contributed by atoms with Gasteiger partial charge in [0.25, 0.3) is 0 Å². The Bertz CT molecular complexity index is 657. The molecule has 0 unspecified atom stereocenters. The van der Waals surface area contributed by atoms with Gasteiger partial charge in [-0.1, -0.05) is 19.3 Å². The molecule has 2 aliphatic heterocycles. The van der Waals surface area contributed by atoms with Gasteiger partial charge in [0, 0.05) is 62.5 Å². The summed E-state index contributed by atoms with van der Waals surface area (Å²) < 4.78 is 0. The zero-order chi connectivity index (χ0) is 18.9. The molecular weight excluding hydrogens is 340 g/mol. The molecule has 3 aliphatic rings. The summed E-state index contributed by atoms with van der Waals surface area (Å²) in [5.74, 6) is 0. The van der Waals surface area contributed by atoms with Crippen LogP contribution in [0.15, 0.2) is 0 Å². The van der Waals surface area contributed by atoms with Crippen molar-refractivity contribution in [1.29, 1.82) is 0 Å². The summed E-state index contributed by atoms with van der Waals surface area (Å²) >= 11 is 0. The molecule has 0 bridgehead atoms. The second-order valence-electron chi connectivity index (χ2n) is 8.68. The number of fused-ring (bicyclic) bond motifs is 1. The fourth-order valence-corrected chi connectivity index (χ4v) is 5.05. The van der Waals surface area contributed by atoms with Crippen molar-refractivity contribution in [1.82, 2.24) is 30.2 Å². The summed E-state index contributed by atoms with van der Waals surface area (Å²) in [6.45, 7) is 8.74. The maximum absolute atomic E-state index is 12.9. The van der Waals surface area contributed by atoms with Crippen LogP contribution in [0.3, 0.4) is 0 Å². The third kappa shape index (κ3) is 3.85. The van der Waals surface area contributed by atoms with E-state index in [2.05, 4.69) is 32.4 Å². The van der Waals surface area contributed by atoms with Gasteiger partial charge >= 0.3 is 6.03 Å². The first-order chi connectivity index (χ1) is 13.1. The van der Waals surface area contributed by atoms with Crippen LogP contribution in [0.5, 0.6) is 0 Å². The first kappa shape index (κ1) is 18.7. The molecule has 1 saturated carbocycles. The largest absolute Gasteiger partial charge is 0.336 e. The molecule has 7 heteroatoms. The quantitative estimate of drug-likeness (QED) is 0.846. The molecule has 0 spiro atoms. The number of hydrogen-bond donors (Lipinski definition) is 2. The van der Waals surface area contributed by atoms with Gasteiger partial charge in [0.15, 0.2) is 0 Å². The van der Waals surface area contributed by atoms with E-state index in [-0.39, 0.29) is 11.6 Å². The Morgan fingerprint density at radius 3 is 2.63 bits per heavy atom. The van der Waals surface area contributed by atoms with Crippen LogP contribution in [-0.2, 0) is 13.0 Å². The lowest BCUT2D eigenvalue weighted by Gasteiger charge is -2.49. The van der Waals surface area contributed by atoms with Gasteiger partial charge in [-0.15, -0.1) is 0 Å². The number of H-pyrrole nitrogens is 1. The van der Waals surface area contributed by atoms with Crippen LogP contribution in [0.4, 0.5) is 4.79 Å². The molecule has 3 heterocycles. The van der Waals surface area contributed by atoms with Crippen molar-refractivity contribution < 1.29 is 4.79 Å². The van der Waals surface area contributed by atoms with Crippen LogP contribution in [0.1, 0.15) is 49.1 Å². The van der Waals surface area contributed by atoms with Gasteiger partial charge < -0.3 is 15.1 Å². The molecule has 1 aromatic heterocycles. The molecule has 1 saturated heterocycles. The van der Waals surface area contributed by atoms with Crippen LogP contribution in [0.25, 0.3) is 0 Å². The zero-order valence-corrected chi connectivity index (χ0v) is 16.9. The summed E-state index contributed by atoms with van der Waals surface area (Å²) in [4.78, 5) is 19.9. The van der Waals surface area contributed by atoms with Crippen molar-refractivity contribution in [3.63, 3.8) is 0 Å². The molecule has 150 valence electrons. The van der Waals surface area contributed by atoms with E-state index >= 15 is 0 Å². The van der Waals surface area contributed by atoms with Crippen molar-refractivity contribution in [3.8, 4) is 0 Å². The molecule has 2 amide bonds. The van der Waals surface area contributed by atoms with E-state index in [9.17, 15) is 4.79 Å². The summed E-state index contributed by atoms with van der Waals surface area (Å²) in [6.07, 6.45) is 7.16. The average Bonchev–Trinajstić information content (AvgIpc) is 3.08. The molecular formula is C20H34N6O. The highest BCUT2D eigenvalue weighted by Gasteiger charge is 2.39. The number of aromatic amines is 1. The van der Waals surface area contributed by atoms with Gasteiger partial charge in [0.2, 0.25) is 0 Å². The molecule has 2 N–H and O–H groups in total. The molecule has 1 aliphatic carbocycles. The molecule has 2 fully saturated rings. The first-order valence-corrected chi connectivity index (χ1v) is 10.6. The summed E-state index contributed by atoms with van der Waals surface area (Å²) in [7, 11) is 2.20. The number of urea groups is 1. The molecule has 27 heavy (non-hydrogen) atoms. The lowest BCUT2D eigenvalue weighted by molar-refractivity contribution is 0.0146. The fourth-order valence-electron chi connectivity index (χ4n) is 5.05. The second-order valence-corrected chi connectivity index (χ2v) is 8.68. The number of aromatic nitrogens is 2. The summed E-state index contributed by atoms with van der Waals surface area (Å²) in [5.41, 5.74) is 3.56. The van der Waals surface area contributed by atoms with E-state index in [1.165, 1.54) is 37.7 Å². The van der Waals surface area contributed by atoms with E-state index < -0.39 is 0 Å². The second kappa shape index (κ2) is 7.80. The normalized spacial score (nSPS) is 23.9. The Morgan fingerprint density at radius 1 is 1.15 bits per heavy atom. The lowest BCUT2D eigenvalue weighted by atomic mass is 9.79. The van der Waals surface area contributed by atoms with Crippen molar-refractivity contribution in [3.05, 3.63) is 17.0 Å². The molecule has 7 nitrogen and oxygen atoms in total. The highest BCUT2D eigenvalue weighted by Crippen LogP contribution is 2.34. The van der Waals surface area contributed by atoms with Crippen molar-refractivity contribution in [2.75, 3.05) is 46.3 Å². The van der Waals surface area contributed by atoms with Crippen molar-refractivity contribution in [2.45, 2.75) is 57.5 Å². The Morgan fingerprint density at radius 2 is 1.89 bits per heavy atom. The number of piperazine rings is 1. The summed E-state index contributed by atoms with van der Waals surface area (Å²) in [6, 6.07) is 0.0836. The maximum Gasteiger partial charge on any atom is 0.317 e. The Balaban J connectivity index is 1.39. The molecule has 0 radical (unpaired) electrons. The van der Waals surface area contributed by atoms with E-state index in [0.717, 1.165) is 57.1 Å². The van der Waals surface area contributed by atoms with Crippen molar-refractivity contribution in [2.24, 2.45) is 0 Å². The number of nitrogens with zero attached hydrogens (tertiary/aromatic N) is 4. The molecule has 0 atom stereocenters. The number of amides is 2. The number of aryl methyl sites for hydroxylation is 1. The standard InChI is InChI=1S/C20H34N6O/c1-16-17-14-25(9-6-18(17)23-22-16)19(27)21-15-20(7-4-3-5-8-20)26-12-10-24(2)11-13-26/h3-15H2,1-2H3,(H,21,27)(H,22,23). The van der Waals surface area contributed by atoms with Gasteiger partial charge in [-0.05, 0) is 26.8 Å². The molecule has 1 aromatic rings. The SMILES string of the molecule is Cc1[nH]nc2c1CN(C(=O)NCC1(N3CCN(C)CC3)CCCCC1)CC2. The highest BCUT2D eigenvalue weighted by molar-refractivity contribution is 5.74. The van der Waals surface area contributed by atoms with E-state index in [4.69, 9.17) is 0 Å². The number of carbonyl (C=O) groups is 1. The van der Waals surface area contributed by atoms with Crippen LogP contribution in [0, 0.1) is 6.92 Å². The van der Waals surface area contributed by atoms with Gasteiger partial charge in [-0.3, -0.25) is 10.00 Å². The molecule has 4 rings (SSSR count). The van der Waals surface area contributed by atoms with Gasteiger partial charge in [-0.2, -0.15) is 5.10 Å². The number of carbonyl (C=O) groups excluding carboxylic acids is 1.